The van der Waals surface area contributed by atoms with Crippen LogP contribution in [-0.4, -0.2) is 23.9 Å². The maximum Gasteiger partial charge on any atom is 0.230 e. The second-order valence-electron chi connectivity index (χ2n) is 3.88. The van der Waals surface area contributed by atoms with Crippen LogP contribution in [-0.2, 0) is 4.79 Å². The molecule has 0 saturated heterocycles. The number of carbonyl (C=O) groups is 1. The lowest BCUT2D eigenvalue weighted by molar-refractivity contribution is -0.132. The van der Waals surface area contributed by atoms with Crippen LogP contribution in [0.15, 0.2) is 30.3 Å². The molecule has 0 heterocycles. The highest BCUT2D eigenvalue weighted by Crippen LogP contribution is 2.21. The van der Waals surface area contributed by atoms with Gasteiger partial charge in [0.25, 0.3) is 0 Å². The molecule has 1 atom stereocenters. The molecule has 0 bridgehead atoms. The van der Waals surface area contributed by atoms with Gasteiger partial charge in [-0.15, -0.1) is 0 Å². The zero-order valence-corrected chi connectivity index (χ0v) is 10.4. The zero-order chi connectivity index (χ0) is 12.0. The first-order chi connectivity index (χ1) is 7.74. The van der Waals surface area contributed by atoms with Gasteiger partial charge >= 0.3 is 0 Å². The van der Waals surface area contributed by atoms with Crippen molar-refractivity contribution < 1.29 is 4.79 Å². The molecule has 1 aromatic carbocycles. The first-order valence-electron chi connectivity index (χ1n) is 6.08. The van der Waals surface area contributed by atoms with Gasteiger partial charge < -0.3 is 4.90 Å². The number of rotatable bonds is 5. The summed E-state index contributed by atoms with van der Waals surface area (Å²) in [6, 6.07) is 10.0. The average Bonchev–Trinajstić information content (AvgIpc) is 2.33. The summed E-state index contributed by atoms with van der Waals surface area (Å²) in [7, 11) is 0. The Hall–Kier alpha value is -1.31. The van der Waals surface area contributed by atoms with Gasteiger partial charge in [-0.2, -0.15) is 0 Å². The molecule has 0 fully saturated rings. The lowest BCUT2D eigenvalue weighted by atomic mass is 9.95. The fourth-order valence-corrected chi connectivity index (χ4v) is 1.99. The third-order valence-corrected chi connectivity index (χ3v) is 2.98. The average molecular weight is 219 g/mol. The van der Waals surface area contributed by atoms with Crippen molar-refractivity contribution in [2.45, 2.75) is 33.1 Å². The molecule has 0 aromatic heterocycles. The minimum atomic E-state index is 0.0149. The molecule has 0 N–H and O–H groups in total. The van der Waals surface area contributed by atoms with Crippen LogP contribution in [0.1, 0.15) is 38.7 Å². The molecule has 0 unspecified atom stereocenters. The van der Waals surface area contributed by atoms with Crippen molar-refractivity contribution in [2.75, 3.05) is 13.1 Å². The van der Waals surface area contributed by atoms with E-state index in [2.05, 4.69) is 6.92 Å². The summed E-state index contributed by atoms with van der Waals surface area (Å²) in [5.74, 6) is 0.264. The van der Waals surface area contributed by atoms with Gasteiger partial charge in [0.2, 0.25) is 5.91 Å². The normalized spacial score (nSPS) is 12.2. The molecule has 2 heteroatoms. The SMILES string of the molecule is CC[C@H](C(=O)N(CC)CC)c1ccccc1. The molecule has 0 radical (unpaired) electrons. The number of hydrogen-bond donors (Lipinski definition) is 0. The van der Waals surface area contributed by atoms with Crippen molar-refractivity contribution in [1.82, 2.24) is 4.90 Å². The Morgan fingerprint density at radius 2 is 1.69 bits per heavy atom. The van der Waals surface area contributed by atoms with Gasteiger partial charge in [-0.25, -0.2) is 0 Å². The number of carbonyl (C=O) groups excluding carboxylic acids is 1. The number of hydrogen-bond acceptors (Lipinski definition) is 1. The van der Waals surface area contributed by atoms with Gasteiger partial charge in [0.05, 0.1) is 5.92 Å². The number of nitrogens with zero attached hydrogens (tertiary/aromatic N) is 1. The maximum atomic E-state index is 12.3. The summed E-state index contributed by atoms with van der Waals surface area (Å²) in [6.45, 7) is 7.70. The van der Waals surface area contributed by atoms with Crippen LogP contribution >= 0.6 is 0 Å². The van der Waals surface area contributed by atoms with E-state index < -0.39 is 0 Å². The van der Waals surface area contributed by atoms with E-state index in [1.54, 1.807) is 0 Å². The van der Waals surface area contributed by atoms with Crippen LogP contribution in [0.3, 0.4) is 0 Å². The number of likely N-dealkylation sites (N-methyl/N-ethyl adjacent to an activating group) is 1. The Morgan fingerprint density at radius 3 is 2.12 bits per heavy atom. The van der Waals surface area contributed by atoms with Crippen molar-refractivity contribution in [3.8, 4) is 0 Å². The topological polar surface area (TPSA) is 20.3 Å². The van der Waals surface area contributed by atoms with Gasteiger partial charge in [-0.1, -0.05) is 37.3 Å². The third kappa shape index (κ3) is 2.84. The molecule has 1 aromatic rings. The van der Waals surface area contributed by atoms with Crippen LogP contribution in [0.4, 0.5) is 0 Å². The second-order valence-corrected chi connectivity index (χ2v) is 3.88. The van der Waals surface area contributed by atoms with Gasteiger partial charge in [0, 0.05) is 13.1 Å². The first kappa shape index (κ1) is 12.8. The van der Waals surface area contributed by atoms with Crippen molar-refractivity contribution >= 4 is 5.91 Å². The molecular formula is C14H21NO. The Balaban J connectivity index is 2.86. The van der Waals surface area contributed by atoms with Crippen LogP contribution in [0.2, 0.25) is 0 Å². The largest absolute Gasteiger partial charge is 0.343 e. The zero-order valence-electron chi connectivity index (χ0n) is 10.4. The van der Waals surface area contributed by atoms with Crippen molar-refractivity contribution in [1.29, 1.82) is 0 Å². The standard InChI is InChI=1S/C14H21NO/c1-4-13(12-10-8-7-9-11-12)14(16)15(5-2)6-3/h7-11,13H,4-6H2,1-3H3/t13-/m0/s1. The van der Waals surface area contributed by atoms with E-state index in [0.29, 0.717) is 0 Å². The Labute approximate surface area is 98.3 Å². The van der Waals surface area contributed by atoms with Crippen LogP contribution in [0.5, 0.6) is 0 Å². The molecule has 0 aliphatic carbocycles. The summed E-state index contributed by atoms with van der Waals surface area (Å²) < 4.78 is 0. The van der Waals surface area contributed by atoms with E-state index in [0.717, 1.165) is 25.1 Å². The molecule has 16 heavy (non-hydrogen) atoms. The van der Waals surface area contributed by atoms with E-state index in [-0.39, 0.29) is 11.8 Å². The van der Waals surface area contributed by atoms with Crippen molar-refractivity contribution in [3.63, 3.8) is 0 Å². The summed E-state index contributed by atoms with van der Waals surface area (Å²) in [5.41, 5.74) is 1.13. The van der Waals surface area contributed by atoms with E-state index >= 15 is 0 Å². The molecule has 2 nitrogen and oxygen atoms in total. The smallest absolute Gasteiger partial charge is 0.230 e. The highest BCUT2D eigenvalue weighted by molar-refractivity contribution is 5.83. The molecule has 0 spiro atoms. The summed E-state index contributed by atoms with van der Waals surface area (Å²) in [6.07, 6.45) is 0.860. The second kappa shape index (κ2) is 6.31. The molecule has 1 amide bonds. The summed E-state index contributed by atoms with van der Waals surface area (Å²) >= 11 is 0. The third-order valence-electron chi connectivity index (χ3n) is 2.98. The number of amides is 1. The molecule has 1 rings (SSSR count). The van der Waals surface area contributed by atoms with E-state index in [9.17, 15) is 4.79 Å². The van der Waals surface area contributed by atoms with E-state index in [4.69, 9.17) is 0 Å². The summed E-state index contributed by atoms with van der Waals surface area (Å²) in [4.78, 5) is 14.2. The predicted molar refractivity (Wildman–Crippen MR) is 67.4 cm³/mol. The summed E-state index contributed by atoms with van der Waals surface area (Å²) in [5, 5.41) is 0. The monoisotopic (exact) mass is 219 g/mol. The minimum Gasteiger partial charge on any atom is -0.343 e. The fourth-order valence-electron chi connectivity index (χ4n) is 1.99. The minimum absolute atomic E-state index is 0.0149. The lowest BCUT2D eigenvalue weighted by Gasteiger charge is -2.24. The lowest BCUT2D eigenvalue weighted by Crippen LogP contribution is -2.34. The van der Waals surface area contributed by atoms with Gasteiger partial charge in [-0.3, -0.25) is 4.79 Å². The number of benzene rings is 1. The molecule has 0 saturated carbocycles. The molecule has 88 valence electrons. The van der Waals surface area contributed by atoms with Crippen LogP contribution < -0.4 is 0 Å². The Morgan fingerprint density at radius 1 is 1.12 bits per heavy atom. The van der Waals surface area contributed by atoms with E-state index in [1.165, 1.54) is 0 Å². The predicted octanol–water partition coefficient (Wildman–Crippen LogP) is 3.05. The van der Waals surface area contributed by atoms with Crippen molar-refractivity contribution in [2.24, 2.45) is 0 Å². The van der Waals surface area contributed by atoms with Gasteiger partial charge in [0.1, 0.15) is 0 Å². The quantitative estimate of drug-likeness (QED) is 0.745. The molecule has 0 aliphatic heterocycles. The van der Waals surface area contributed by atoms with Crippen molar-refractivity contribution in [3.05, 3.63) is 35.9 Å². The van der Waals surface area contributed by atoms with Crippen LogP contribution in [0, 0.1) is 0 Å². The Bertz CT molecular complexity index is 317. The molecular weight excluding hydrogens is 198 g/mol. The van der Waals surface area contributed by atoms with E-state index in [1.807, 2.05) is 49.1 Å². The maximum absolute atomic E-state index is 12.3. The first-order valence-corrected chi connectivity index (χ1v) is 6.08. The van der Waals surface area contributed by atoms with Crippen LogP contribution in [0.25, 0.3) is 0 Å². The highest BCUT2D eigenvalue weighted by Gasteiger charge is 2.22. The Kier molecular flexibility index (Phi) is 5.03. The molecule has 0 aliphatic rings. The van der Waals surface area contributed by atoms with Gasteiger partial charge in [-0.05, 0) is 25.8 Å². The highest BCUT2D eigenvalue weighted by atomic mass is 16.2. The van der Waals surface area contributed by atoms with Gasteiger partial charge in [0.15, 0.2) is 0 Å². The fraction of sp³-hybridized carbons (Fsp3) is 0.500.